The molecule has 4 aliphatic heterocycles. The number of rotatable bonds is 14. The molecule has 0 bridgehead atoms. The molecular formula is C90H77B2N9. The molecule has 11 heteroatoms. The molecule has 9 aromatic carbocycles. The van der Waals surface area contributed by atoms with Crippen LogP contribution in [0.5, 0.6) is 0 Å². The lowest BCUT2D eigenvalue weighted by Gasteiger charge is -2.44. The third kappa shape index (κ3) is 10.9. The van der Waals surface area contributed by atoms with Gasteiger partial charge in [-0.1, -0.05) is 220 Å². The lowest BCUT2D eigenvalue weighted by molar-refractivity contribution is 0.443. The van der Waals surface area contributed by atoms with Crippen LogP contribution in [0.3, 0.4) is 0 Å². The van der Waals surface area contributed by atoms with Gasteiger partial charge in [0, 0.05) is 87.1 Å². The van der Waals surface area contributed by atoms with E-state index in [1.807, 2.05) is 6.20 Å². The number of aryl methyl sites for hydroxylation is 1. The summed E-state index contributed by atoms with van der Waals surface area (Å²) in [4.78, 5) is 35.7. The van der Waals surface area contributed by atoms with Gasteiger partial charge in [0.05, 0.1) is 0 Å². The standard InChI is InChI=1S/C90H77B2N9/c1-9-27-63(28-10-1)65-48-45-62(46-49-65)47-50-67-57-80-86-82(59-84(94-80)98(70-35-17-5-18-36-70)74-53-51-66(52-54-74)64-29-11-2-12-30-64)100(72-39-21-7-22-40-72)88-77(91(86)76-44-26-25-43-75(67)76)58-78-89(96-88)101(73-41-23-8-24-42-73)90-87-83(99(71-37-19-6-20-38-71)81-55-56-93-61-79(81)92(78)87)60-85(95-90)97(68-31-13-3-14-32-68)69-33-15-4-16-34-69/h3-8,13-26,31-46,48-49,51-56,58-61,63-64,67H,1-2,9-12,27-30,47,50,57H2. The quantitative estimate of drug-likeness (QED) is 0.0991. The predicted octanol–water partition coefficient (Wildman–Crippen LogP) is 19.0. The third-order valence-corrected chi connectivity index (χ3v) is 22.6. The summed E-state index contributed by atoms with van der Waals surface area (Å²) in [5.74, 6) is 5.53. The maximum Gasteiger partial charge on any atom is 0.258 e. The molecule has 2 saturated carbocycles. The van der Waals surface area contributed by atoms with E-state index in [-0.39, 0.29) is 19.3 Å². The van der Waals surface area contributed by atoms with Gasteiger partial charge in [-0.15, -0.1) is 0 Å². The molecular weight excluding hydrogens is 1230 g/mol. The molecule has 0 radical (unpaired) electrons. The Kier molecular flexibility index (Phi) is 15.7. The second kappa shape index (κ2) is 26.1. The van der Waals surface area contributed by atoms with Gasteiger partial charge in [0.25, 0.3) is 13.4 Å². The van der Waals surface area contributed by atoms with Crippen LogP contribution < -0.4 is 57.3 Å². The number of para-hydroxylation sites is 6. The van der Waals surface area contributed by atoms with E-state index in [9.17, 15) is 0 Å². The van der Waals surface area contributed by atoms with Crippen LogP contribution in [-0.2, 0) is 12.8 Å². The summed E-state index contributed by atoms with van der Waals surface area (Å²) in [5.41, 5.74) is 24.1. The summed E-state index contributed by atoms with van der Waals surface area (Å²) >= 11 is 0. The van der Waals surface area contributed by atoms with Crippen molar-refractivity contribution >= 4 is 132 Å². The maximum atomic E-state index is 6.43. The van der Waals surface area contributed by atoms with Gasteiger partial charge in [-0.05, 0) is 203 Å². The number of fused-ring (bicyclic) bond motifs is 8. The Balaban J connectivity index is 0.869. The molecule has 19 rings (SSSR count). The number of nitrogens with zero attached hydrogens (tertiary/aromatic N) is 9. The van der Waals surface area contributed by atoms with Gasteiger partial charge in [0.2, 0.25) is 0 Å². The smallest absolute Gasteiger partial charge is 0.258 e. The van der Waals surface area contributed by atoms with Crippen molar-refractivity contribution in [1.29, 1.82) is 0 Å². The van der Waals surface area contributed by atoms with E-state index in [4.69, 9.17) is 19.9 Å². The Morgan fingerprint density at radius 1 is 0.366 bits per heavy atom. The van der Waals surface area contributed by atoms with Crippen LogP contribution in [0.2, 0.25) is 0 Å². The fraction of sp³-hybridized carbons (Fsp3) is 0.178. The molecule has 2 fully saturated rings. The van der Waals surface area contributed by atoms with E-state index in [1.165, 1.54) is 97.4 Å². The minimum absolute atomic E-state index is 0.149. The molecule has 1 unspecified atom stereocenters. The van der Waals surface area contributed by atoms with E-state index in [1.54, 1.807) is 0 Å². The van der Waals surface area contributed by atoms with Gasteiger partial charge in [-0.3, -0.25) is 24.6 Å². The molecule has 0 amide bonds. The number of hydrogen-bond donors (Lipinski definition) is 0. The molecule has 488 valence electrons. The molecule has 4 aromatic heterocycles. The van der Waals surface area contributed by atoms with Gasteiger partial charge in [0.15, 0.2) is 0 Å². The van der Waals surface area contributed by atoms with Crippen molar-refractivity contribution in [2.75, 3.05) is 24.5 Å². The maximum absolute atomic E-state index is 6.43. The highest BCUT2D eigenvalue weighted by Gasteiger charge is 2.50. The minimum atomic E-state index is -0.339. The zero-order valence-corrected chi connectivity index (χ0v) is 56.8. The van der Waals surface area contributed by atoms with Crippen LogP contribution in [0, 0.1) is 0 Å². The summed E-state index contributed by atoms with van der Waals surface area (Å²) < 4.78 is 0. The third-order valence-electron chi connectivity index (χ3n) is 22.6. The van der Waals surface area contributed by atoms with Crippen LogP contribution in [-0.4, -0.2) is 33.4 Å². The molecule has 13 aromatic rings. The Labute approximate surface area is 593 Å². The molecule has 9 nitrogen and oxygen atoms in total. The Morgan fingerprint density at radius 2 is 0.832 bits per heavy atom. The van der Waals surface area contributed by atoms with Gasteiger partial charge in [-0.25, -0.2) is 15.0 Å². The number of hydrogen-bond acceptors (Lipinski definition) is 9. The topological polar surface area (TPSA) is 67.8 Å². The van der Waals surface area contributed by atoms with Crippen LogP contribution in [0.4, 0.5) is 86.0 Å². The molecule has 2 aliphatic carbocycles. The molecule has 0 saturated heterocycles. The first-order valence-corrected chi connectivity index (χ1v) is 36.8. The summed E-state index contributed by atoms with van der Waals surface area (Å²) in [6.07, 6.45) is 19.7. The summed E-state index contributed by atoms with van der Waals surface area (Å²) in [7, 11) is 0. The summed E-state index contributed by atoms with van der Waals surface area (Å²) in [6, 6.07) is 103. The number of benzene rings is 9. The lowest BCUT2D eigenvalue weighted by Crippen LogP contribution is -2.65. The second-order valence-corrected chi connectivity index (χ2v) is 28.5. The Hall–Kier alpha value is -11.3. The molecule has 0 spiro atoms. The van der Waals surface area contributed by atoms with Crippen LogP contribution in [0.15, 0.2) is 291 Å². The highest BCUT2D eigenvalue weighted by Crippen LogP contribution is 2.49. The van der Waals surface area contributed by atoms with Crippen LogP contribution in [0.1, 0.15) is 116 Å². The molecule has 1 atom stereocenters. The van der Waals surface area contributed by atoms with Crippen molar-refractivity contribution in [3.63, 3.8) is 0 Å². The average molecular weight is 1310 g/mol. The largest absolute Gasteiger partial charge is 0.311 e. The Morgan fingerprint density at radius 3 is 1.41 bits per heavy atom. The molecule has 101 heavy (non-hydrogen) atoms. The van der Waals surface area contributed by atoms with Crippen molar-refractivity contribution in [2.45, 2.75) is 101 Å². The van der Waals surface area contributed by atoms with Crippen molar-refractivity contribution in [3.05, 3.63) is 319 Å². The first-order valence-electron chi connectivity index (χ1n) is 36.8. The van der Waals surface area contributed by atoms with Crippen molar-refractivity contribution in [3.8, 4) is 0 Å². The SMILES string of the molecule is c1ccc(N(c2ccc(C3CCCCC3)cc2)c2cc3c4c(n2)CC(CCc2ccc(C5CCCCC5)cc2)c2ccccc2B4c2cc4c(nc2N3c2ccccc2)N(c2ccccc2)c2nc(N(c3ccccc3)c3ccccc3)cc3c2B4c2cnccc2N3c2ccccc2)cc1. The fourth-order valence-corrected chi connectivity index (χ4v) is 17.9. The highest BCUT2D eigenvalue weighted by molar-refractivity contribution is 7.02. The second-order valence-electron chi connectivity index (χ2n) is 28.5. The van der Waals surface area contributed by atoms with E-state index >= 15 is 0 Å². The lowest BCUT2D eigenvalue weighted by atomic mass is 9.31. The highest BCUT2D eigenvalue weighted by atomic mass is 15.3. The average Bonchev–Trinajstić information content (AvgIpc) is 1.29. The van der Waals surface area contributed by atoms with Crippen molar-refractivity contribution in [1.82, 2.24) is 19.9 Å². The number of anilines is 15. The first-order chi connectivity index (χ1) is 50.1. The van der Waals surface area contributed by atoms with Crippen LogP contribution in [0.25, 0.3) is 0 Å². The van der Waals surface area contributed by atoms with E-state index in [0.29, 0.717) is 11.8 Å². The summed E-state index contributed by atoms with van der Waals surface area (Å²) in [5, 5.41) is 0. The van der Waals surface area contributed by atoms with E-state index < -0.39 is 0 Å². The van der Waals surface area contributed by atoms with Crippen LogP contribution >= 0.6 is 0 Å². The van der Waals surface area contributed by atoms with Gasteiger partial charge >= 0.3 is 0 Å². The monoisotopic (exact) mass is 1310 g/mol. The van der Waals surface area contributed by atoms with Gasteiger partial charge < -0.3 is 4.90 Å². The number of pyridine rings is 4. The molecule has 6 aliphatic rings. The molecule has 8 heterocycles. The predicted molar refractivity (Wildman–Crippen MR) is 420 cm³/mol. The zero-order chi connectivity index (χ0) is 66.7. The normalized spacial score (nSPS) is 15.9. The van der Waals surface area contributed by atoms with E-state index in [0.717, 1.165) is 133 Å². The van der Waals surface area contributed by atoms with E-state index in [2.05, 4.69) is 310 Å². The zero-order valence-electron chi connectivity index (χ0n) is 56.8. The minimum Gasteiger partial charge on any atom is -0.311 e. The summed E-state index contributed by atoms with van der Waals surface area (Å²) in [6.45, 7) is -0.589. The van der Waals surface area contributed by atoms with Crippen molar-refractivity contribution < 1.29 is 0 Å². The first kappa shape index (κ1) is 60.9. The number of aromatic nitrogens is 4. The fourth-order valence-electron chi connectivity index (χ4n) is 17.9. The Bertz CT molecular complexity index is 5120. The van der Waals surface area contributed by atoms with Crippen molar-refractivity contribution in [2.24, 2.45) is 0 Å². The van der Waals surface area contributed by atoms with Gasteiger partial charge in [-0.2, -0.15) is 0 Å². The molecule has 0 N–H and O–H groups in total. The van der Waals surface area contributed by atoms with Gasteiger partial charge in [0.1, 0.15) is 29.1 Å².